The van der Waals surface area contributed by atoms with E-state index in [1.165, 1.54) is 0 Å². The minimum atomic E-state index is 0.753. The first-order chi connectivity index (χ1) is 10.1. The summed E-state index contributed by atoms with van der Waals surface area (Å²) in [6.07, 6.45) is 0. The monoisotopic (exact) mass is 278 g/mol. The number of hydrogen-bond donors (Lipinski definition) is 2. The van der Waals surface area contributed by atoms with Crippen molar-refractivity contribution in [1.29, 1.82) is 0 Å². The molecule has 0 bridgehead atoms. The number of aromatic nitrogens is 1. The summed E-state index contributed by atoms with van der Waals surface area (Å²) in [7, 11) is 4.05. The second-order valence-electron chi connectivity index (χ2n) is 5.19. The van der Waals surface area contributed by atoms with Crippen LogP contribution in [-0.2, 0) is 0 Å². The Morgan fingerprint density at radius 3 is 2.62 bits per heavy atom. The first kappa shape index (κ1) is 13.2. The smallest absolute Gasteiger partial charge is 0.131 e. The number of benzene rings is 2. The van der Waals surface area contributed by atoms with Gasteiger partial charge >= 0.3 is 0 Å². The number of pyridine rings is 1. The van der Waals surface area contributed by atoms with Gasteiger partial charge in [-0.25, -0.2) is 4.98 Å². The molecule has 4 nitrogen and oxygen atoms in total. The third-order valence-electron chi connectivity index (χ3n) is 3.36. The molecule has 2 aromatic carbocycles. The quantitative estimate of drug-likeness (QED) is 0.718. The van der Waals surface area contributed by atoms with Crippen molar-refractivity contribution in [2.45, 2.75) is 0 Å². The highest BCUT2D eigenvalue weighted by Gasteiger charge is 2.05. The van der Waals surface area contributed by atoms with Crippen molar-refractivity contribution in [2.75, 3.05) is 30.0 Å². The third-order valence-corrected chi connectivity index (χ3v) is 3.36. The first-order valence-corrected chi connectivity index (χ1v) is 6.83. The average molecular weight is 278 g/mol. The molecule has 0 spiro atoms. The fraction of sp³-hybridized carbons (Fsp3) is 0.118. The number of nitrogens with zero attached hydrogens (tertiary/aromatic N) is 2. The Labute approximate surface area is 124 Å². The number of hydrogen-bond acceptors (Lipinski definition) is 4. The summed E-state index contributed by atoms with van der Waals surface area (Å²) in [6, 6.07) is 17.9. The number of fused-ring (bicyclic) bond motifs is 1. The van der Waals surface area contributed by atoms with Gasteiger partial charge in [0.1, 0.15) is 5.82 Å². The molecule has 106 valence electrons. The summed E-state index contributed by atoms with van der Waals surface area (Å²) in [6.45, 7) is 0. The van der Waals surface area contributed by atoms with Crippen LogP contribution in [0.3, 0.4) is 0 Å². The molecule has 4 heteroatoms. The van der Waals surface area contributed by atoms with Crippen molar-refractivity contribution in [3.8, 4) is 0 Å². The molecule has 0 atom stereocenters. The van der Waals surface area contributed by atoms with E-state index in [4.69, 9.17) is 5.73 Å². The molecule has 0 radical (unpaired) electrons. The van der Waals surface area contributed by atoms with Gasteiger partial charge < -0.3 is 16.0 Å². The van der Waals surface area contributed by atoms with Crippen LogP contribution < -0.4 is 16.0 Å². The van der Waals surface area contributed by atoms with Gasteiger partial charge in [0.2, 0.25) is 0 Å². The fourth-order valence-electron chi connectivity index (χ4n) is 2.32. The van der Waals surface area contributed by atoms with Gasteiger partial charge in [0.25, 0.3) is 0 Å². The molecule has 0 saturated carbocycles. The maximum atomic E-state index is 5.79. The van der Waals surface area contributed by atoms with Gasteiger partial charge in [-0.2, -0.15) is 0 Å². The molecule has 0 saturated heterocycles. The van der Waals surface area contributed by atoms with Gasteiger partial charge in [0, 0.05) is 25.2 Å². The molecule has 0 fully saturated rings. The summed E-state index contributed by atoms with van der Waals surface area (Å²) >= 11 is 0. The van der Waals surface area contributed by atoms with Crippen molar-refractivity contribution in [2.24, 2.45) is 0 Å². The minimum absolute atomic E-state index is 0.753. The van der Waals surface area contributed by atoms with Crippen LogP contribution in [0.25, 0.3) is 10.9 Å². The zero-order chi connectivity index (χ0) is 14.8. The Hall–Kier alpha value is -2.75. The predicted molar refractivity (Wildman–Crippen MR) is 90.2 cm³/mol. The van der Waals surface area contributed by atoms with Crippen LogP contribution in [0.2, 0.25) is 0 Å². The molecule has 3 N–H and O–H groups in total. The molecule has 0 aliphatic carbocycles. The molecular weight excluding hydrogens is 260 g/mol. The second kappa shape index (κ2) is 5.32. The van der Waals surface area contributed by atoms with E-state index >= 15 is 0 Å². The molecule has 0 unspecified atom stereocenters. The van der Waals surface area contributed by atoms with E-state index < -0.39 is 0 Å². The summed E-state index contributed by atoms with van der Waals surface area (Å²) in [5.74, 6) is 0.821. The van der Waals surface area contributed by atoms with Crippen LogP contribution in [-0.4, -0.2) is 19.1 Å². The van der Waals surface area contributed by atoms with E-state index in [1.54, 1.807) is 0 Å². The van der Waals surface area contributed by atoms with Gasteiger partial charge in [-0.1, -0.05) is 12.1 Å². The molecule has 21 heavy (non-hydrogen) atoms. The highest BCUT2D eigenvalue weighted by molar-refractivity contribution is 5.84. The lowest BCUT2D eigenvalue weighted by Crippen LogP contribution is -2.10. The highest BCUT2D eigenvalue weighted by atomic mass is 15.1. The molecular formula is C17H18N4. The van der Waals surface area contributed by atoms with Crippen molar-refractivity contribution in [3.05, 3.63) is 54.6 Å². The van der Waals surface area contributed by atoms with Gasteiger partial charge in [-0.05, 0) is 42.5 Å². The molecule has 0 amide bonds. The van der Waals surface area contributed by atoms with Crippen LogP contribution >= 0.6 is 0 Å². The average Bonchev–Trinajstić information content (AvgIpc) is 2.48. The van der Waals surface area contributed by atoms with Crippen LogP contribution in [0.5, 0.6) is 0 Å². The highest BCUT2D eigenvalue weighted by Crippen LogP contribution is 2.27. The van der Waals surface area contributed by atoms with E-state index in [9.17, 15) is 0 Å². The predicted octanol–water partition coefficient (Wildman–Crippen LogP) is 3.63. The van der Waals surface area contributed by atoms with Crippen LogP contribution in [0.4, 0.5) is 22.9 Å². The number of anilines is 4. The van der Waals surface area contributed by atoms with Gasteiger partial charge in [-0.15, -0.1) is 0 Å². The Balaban J connectivity index is 1.97. The molecule has 0 aliphatic rings. The largest absolute Gasteiger partial charge is 0.399 e. The van der Waals surface area contributed by atoms with Crippen molar-refractivity contribution < 1.29 is 0 Å². The van der Waals surface area contributed by atoms with Gasteiger partial charge in [0.15, 0.2) is 0 Å². The normalized spacial score (nSPS) is 10.6. The Morgan fingerprint density at radius 2 is 1.81 bits per heavy atom. The summed E-state index contributed by atoms with van der Waals surface area (Å²) in [5.41, 5.74) is 9.62. The second-order valence-corrected chi connectivity index (χ2v) is 5.19. The summed E-state index contributed by atoms with van der Waals surface area (Å²) in [5, 5.41) is 4.42. The Bertz CT molecular complexity index is 781. The molecule has 1 aromatic heterocycles. The fourth-order valence-corrected chi connectivity index (χ4v) is 2.32. The summed E-state index contributed by atoms with van der Waals surface area (Å²) < 4.78 is 0. The molecule has 3 aromatic rings. The van der Waals surface area contributed by atoms with E-state index in [-0.39, 0.29) is 0 Å². The van der Waals surface area contributed by atoms with E-state index in [2.05, 4.69) is 21.3 Å². The molecule has 1 heterocycles. The molecule has 0 aliphatic heterocycles. The van der Waals surface area contributed by atoms with E-state index in [0.717, 1.165) is 33.8 Å². The van der Waals surface area contributed by atoms with Crippen molar-refractivity contribution >= 4 is 33.8 Å². The van der Waals surface area contributed by atoms with Crippen LogP contribution in [0.15, 0.2) is 54.6 Å². The first-order valence-electron chi connectivity index (χ1n) is 6.83. The lowest BCUT2D eigenvalue weighted by Gasteiger charge is -2.18. The summed E-state index contributed by atoms with van der Waals surface area (Å²) in [4.78, 5) is 6.70. The zero-order valence-electron chi connectivity index (χ0n) is 12.2. The standard InChI is InChI=1S/C17H18N4/c1-21(2)16-6-4-3-5-15(16)20-17-10-7-12-11-13(18)8-9-14(12)19-17/h3-11H,18H2,1-2H3,(H,19,20). The number of nitrogens with one attached hydrogen (secondary N) is 1. The Morgan fingerprint density at radius 1 is 1.00 bits per heavy atom. The maximum absolute atomic E-state index is 5.79. The Kier molecular flexibility index (Phi) is 3.36. The topological polar surface area (TPSA) is 54.2 Å². The van der Waals surface area contributed by atoms with Crippen LogP contribution in [0.1, 0.15) is 0 Å². The lowest BCUT2D eigenvalue weighted by atomic mass is 10.2. The van der Waals surface area contributed by atoms with Crippen molar-refractivity contribution in [3.63, 3.8) is 0 Å². The number of para-hydroxylation sites is 2. The van der Waals surface area contributed by atoms with Crippen molar-refractivity contribution in [1.82, 2.24) is 4.98 Å². The van der Waals surface area contributed by atoms with E-state index in [0.29, 0.717) is 0 Å². The van der Waals surface area contributed by atoms with E-state index in [1.807, 2.05) is 62.6 Å². The number of rotatable bonds is 3. The van der Waals surface area contributed by atoms with Crippen LogP contribution in [0, 0.1) is 0 Å². The SMILES string of the molecule is CN(C)c1ccccc1Nc1ccc2cc(N)ccc2n1. The zero-order valence-corrected chi connectivity index (χ0v) is 12.2. The van der Waals surface area contributed by atoms with Gasteiger partial charge in [-0.3, -0.25) is 0 Å². The number of nitrogens with two attached hydrogens (primary N) is 1. The maximum Gasteiger partial charge on any atom is 0.131 e. The third kappa shape index (κ3) is 2.74. The van der Waals surface area contributed by atoms with Gasteiger partial charge in [0.05, 0.1) is 16.9 Å². The molecule has 3 rings (SSSR count). The number of nitrogen functional groups attached to an aromatic ring is 1. The lowest BCUT2D eigenvalue weighted by molar-refractivity contribution is 1.13. The minimum Gasteiger partial charge on any atom is -0.399 e.